The second-order valence-corrected chi connectivity index (χ2v) is 8.65. The summed E-state index contributed by atoms with van der Waals surface area (Å²) >= 11 is 0. The molecule has 0 fully saturated rings. The predicted molar refractivity (Wildman–Crippen MR) is 138 cm³/mol. The van der Waals surface area contributed by atoms with Gasteiger partial charge in [-0.2, -0.15) is 0 Å². The van der Waals surface area contributed by atoms with Crippen LogP contribution in [0.2, 0.25) is 0 Å². The normalized spacial score (nSPS) is 10.3. The number of fused-ring (bicyclic) bond motifs is 1. The Bertz CT molecular complexity index is 923. The molecule has 32 heavy (non-hydrogen) atoms. The van der Waals surface area contributed by atoms with Gasteiger partial charge in [-0.05, 0) is 31.4 Å². The van der Waals surface area contributed by atoms with Crippen LogP contribution in [0.15, 0.2) is 24.3 Å². The van der Waals surface area contributed by atoms with Gasteiger partial charge in [0.25, 0.3) is 0 Å². The standard InChI is InChI=1S/C30H41NO/c1-4-6-8-10-12-14-16-18-23-28-26(3)27-22-19-20-24-29(27)31-30(28)32-25-21-17-15-13-11-9-7-5-2/h19-20,22,24H,4-17H2,1-3H3. The van der Waals surface area contributed by atoms with Gasteiger partial charge in [-0.25, -0.2) is 4.98 Å². The number of pyridine rings is 1. The minimum atomic E-state index is 0.548. The van der Waals surface area contributed by atoms with Crippen LogP contribution in [0.5, 0.6) is 5.88 Å². The van der Waals surface area contributed by atoms with Gasteiger partial charge in [-0.15, -0.1) is 0 Å². The molecule has 1 heterocycles. The van der Waals surface area contributed by atoms with Crippen LogP contribution in [-0.4, -0.2) is 4.98 Å². The molecule has 0 radical (unpaired) electrons. The second-order valence-electron chi connectivity index (χ2n) is 8.65. The van der Waals surface area contributed by atoms with Crippen molar-refractivity contribution >= 4 is 10.9 Å². The third-order valence-electron chi connectivity index (χ3n) is 5.86. The number of ether oxygens (including phenoxy) is 1. The zero-order valence-corrected chi connectivity index (χ0v) is 20.6. The molecule has 0 amide bonds. The number of hydrogen-bond acceptors (Lipinski definition) is 2. The topological polar surface area (TPSA) is 22.1 Å². The van der Waals surface area contributed by atoms with Crippen molar-refractivity contribution in [3.63, 3.8) is 0 Å². The number of aromatic nitrogens is 1. The lowest BCUT2D eigenvalue weighted by Gasteiger charge is -2.08. The van der Waals surface area contributed by atoms with E-state index in [1.807, 2.05) is 18.2 Å². The van der Waals surface area contributed by atoms with Gasteiger partial charge in [-0.1, -0.05) is 114 Å². The maximum Gasteiger partial charge on any atom is 0.247 e. The van der Waals surface area contributed by atoms with Crippen molar-refractivity contribution in [2.75, 3.05) is 0 Å². The summed E-state index contributed by atoms with van der Waals surface area (Å²) in [5.74, 6) is 10.4. The van der Waals surface area contributed by atoms with Gasteiger partial charge in [0.2, 0.25) is 5.88 Å². The van der Waals surface area contributed by atoms with Crippen molar-refractivity contribution < 1.29 is 4.74 Å². The van der Waals surface area contributed by atoms with E-state index in [9.17, 15) is 0 Å². The molecular formula is C30H41NO. The van der Waals surface area contributed by atoms with Crippen LogP contribution in [-0.2, 0) is 0 Å². The molecule has 1 aromatic heterocycles. The van der Waals surface area contributed by atoms with E-state index in [1.54, 1.807) is 0 Å². The zero-order chi connectivity index (χ0) is 22.9. The van der Waals surface area contributed by atoms with Gasteiger partial charge >= 0.3 is 0 Å². The highest BCUT2D eigenvalue weighted by atomic mass is 16.5. The average molecular weight is 432 g/mol. The molecule has 2 rings (SSSR count). The molecule has 0 atom stereocenters. The quantitative estimate of drug-likeness (QED) is 0.234. The Balaban J connectivity index is 1.99. The molecular weight excluding hydrogens is 390 g/mol. The van der Waals surface area contributed by atoms with E-state index in [1.165, 1.54) is 64.2 Å². The first-order valence-corrected chi connectivity index (χ1v) is 12.8. The van der Waals surface area contributed by atoms with Crippen LogP contribution in [0.25, 0.3) is 10.9 Å². The Morgan fingerprint density at radius 3 is 2.03 bits per heavy atom. The van der Waals surface area contributed by atoms with Crippen molar-refractivity contribution in [1.29, 1.82) is 0 Å². The lowest BCUT2D eigenvalue weighted by Crippen LogP contribution is -1.97. The molecule has 0 bridgehead atoms. The number of para-hydroxylation sites is 1. The summed E-state index contributed by atoms with van der Waals surface area (Å²) < 4.78 is 5.82. The first kappa shape index (κ1) is 25.8. The van der Waals surface area contributed by atoms with Crippen LogP contribution >= 0.6 is 0 Å². The molecule has 0 saturated carbocycles. The van der Waals surface area contributed by atoms with Gasteiger partial charge in [0.1, 0.15) is 6.11 Å². The van der Waals surface area contributed by atoms with Crippen molar-refractivity contribution in [2.45, 2.75) is 111 Å². The maximum atomic E-state index is 5.82. The first-order valence-electron chi connectivity index (χ1n) is 12.8. The average Bonchev–Trinajstić information content (AvgIpc) is 2.81. The predicted octanol–water partition coefficient (Wildman–Crippen LogP) is 8.74. The van der Waals surface area contributed by atoms with Gasteiger partial charge in [0.15, 0.2) is 0 Å². The highest BCUT2D eigenvalue weighted by Crippen LogP contribution is 2.26. The molecule has 0 spiro atoms. The van der Waals surface area contributed by atoms with Crippen LogP contribution in [0.4, 0.5) is 0 Å². The first-order chi connectivity index (χ1) is 15.8. The van der Waals surface area contributed by atoms with E-state index in [-0.39, 0.29) is 0 Å². The molecule has 1 aromatic carbocycles. The number of rotatable bonds is 13. The van der Waals surface area contributed by atoms with E-state index in [0.29, 0.717) is 5.88 Å². The molecule has 2 heteroatoms. The minimum Gasteiger partial charge on any atom is -0.386 e. The molecule has 2 aromatic rings. The highest BCUT2D eigenvalue weighted by molar-refractivity contribution is 5.85. The van der Waals surface area contributed by atoms with Gasteiger partial charge in [0, 0.05) is 18.2 Å². The van der Waals surface area contributed by atoms with Crippen molar-refractivity contribution in [1.82, 2.24) is 4.98 Å². The molecule has 0 saturated heterocycles. The summed E-state index contributed by atoms with van der Waals surface area (Å²) in [6, 6.07) is 8.18. The summed E-state index contributed by atoms with van der Waals surface area (Å²) in [5.41, 5.74) is 2.93. The molecule has 0 N–H and O–H groups in total. The second kappa shape index (κ2) is 16.2. The summed E-state index contributed by atoms with van der Waals surface area (Å²) in [6.45, 7) is 6.61. The Kier molecular flexibility index (Phi) is 13.1. The molecule has 0 unspecified atom stereocenters. The Morgan fingerprint density at radius 2 is 1.34 bits per heavy atom. The molecule has 2 nitrogen and oxygen atoms in total. The summed E-state index contributed by atoms with van der Waals surface area (Å²) in [4.78, 5) is 4.73. The summed E-state index contributed by atoms with van der Waals surface area (Å²) in [5, 5.41) is 1.13. The zero-order valence-electron chi connectivity index (χ0n) is 20.6. The molecule has 0 aliphatic carbocycles. The fourth-order valence-electron chi connectivity index (χ4n) is 3.84. The number of unbranched alkanes of at least 4 members (excludes halogenated alkanes) is 12. The number of hydrogen-bond donors (Lipinski definition) is 0. The third kappa shape index (κ3) is 9.36. The SMILES string of the molecule is CCCCCCCCC#COc1nc2ccccc2c(C)c1C#CCCCCCCCC. The molecule has 172 valence electrons. The van der Waals surface area contributed by atoms with Gasteiger partial charge in [0.05, 0.1) is 11.1 Å². The fraction of sp³-hybridized carbons (Fsp3) is 0.567. The van der Waals surface area contributed by atoms with Crippen molar-refractivity contribution in [3.05, 3.63) is 35.4 Å². The lowest BCUT2D eigenvalue weighted by molar-refractivity contribution is 0.496. The monoisotopic (exact) mass is 431 g/mol. The van der Waals surface area contributed by atoms with Gasteiger partial charge in [-0.3, -0.25) is 0 Å². The van der Waals surface area contributed by atoms with E-state index < -0.39 is 0 Å². The van der Waals surface area contributed by atoms with E-state index >= 15 is 0 Å². The lowest BCUT2D eigenvalue weighted by atomic mass is 10.0. The maximum absolute atomic E-state index is 5.82. The van der Waals surface area contributed by atoms with Crippen molar-refractivity contribution in [2.24, 2.45) is 0 Å². The number of nitrogens with zero attached hydrogens (tertiary/aromatic N) is 1. The Hall–Kier alpha value is -2.45. The van der Waals surface area contributed by atoms with E-state index in [0.717, 1.165) is 47.7 Å². The highest BCUT2D eigenvalue weighted by Gasteiger charge is 2.11. The Morgan fingerprint density at radius 1 is 0.750 bits per heavy atom. The largest absolute Gasteiger partial charge is 0.386 e. The minimum absolute atomic E-state index is 0.548. The van der Waals surface area contributed by atoms with E-state index in [2.05, 4.69) is 50.7 Å². The van der Waals surface area contributed by atoms with Gasteiger partial charge < -0.3 is 4.74 Å². The number of benzene rings is 1. The third-order valence-corrected chi connectivity index (χ3v) is 5.86. The summed E-state index contributed by atoms with van der Waals surface area (Å²) in [7, 11) is 0. The number of aryl methyl sites for hydroxylation is 1. The Labute approximate surface area is 196 Å². The van der Waals surface area contributed by atoms with E-state index in [4.69, 9.17) is 9.72 Å². The van der Waals surface area contributed by atoms with Crippen LogP contribution in [0.1, 0.15) is 115 Å². The molecule has 0 aliphatic heterocycles. The smallest absolute Gasteiger partial charge is 0.247 e. The van der Waals surface area contributed by atoms with Crippen LogP contribution in [0.3, 0.4) is 0 Å². The van der Waals surface area contributed by atoms with Crippen LogP contribution < -0.4 is 4.74 Å². The van der Waals surface area contributed by atoms with Crippen LogP contribution in [0, 0.1) is 30.8 Å². The van der Waals surface area contributed by atoms with Crippen molar-refractivity contribution in [3.8, 4) is 29.7 Å². The fourth-order valence-corrected chi connectivity index (χ4v) is 3.84. The summed E-state index contributed by atoms with van der Waals surface area (Å²) in [6.07, 6.45) is 20.0. The molecule has 0 aliphatic rings.